The third kappa shape index (κ3) is 3.52. The van der Waals surface area contributed by atoms with E-state index in [1.54, 1.807) is 18.2 Å². The summed E-state index contributed by atoms with van der Waals surface area (Å²) in [6, 6.07) is 7.25. The van der Waals surface area contributed by atoms with E-state index in [0.717, 1.165) is 5.56 Å². The van der Waals surface area contributed by atoms with E-state index in [1.165, 1.54) is 0 Å². The van der Waals surface area contributed by atoms with E-state index >= 15 is 0 Å². The molecule has 4 N–H and O–H groups in total. The van der Waals surface area contributed by atoms with Crippen LogP contribution in [0, 0.1) is 0 Å². The lowest BCUT2D eigenvalue weighted by atomic mass is 9.79. The zero-order valence-electron chi connectivity index (χ0n) is 11.5. The Morgan fingerprint density at radius 3 is 1.90 bits per heavy atom. The lowest BCUT2D eigenvalue weighted by Crippen LogP contribution is -2.45. The summed E-state index contributed by atoms with van der Waals surface area (Å²) >= 11 is 0. The molecule has 0 bridgehead atoms. The van der Waals surface area contributed by atoms with E-state index < -0.39 is 44.7 Å². The Labute approximate surface area is 123 Å². The Bertz CT molecular complexity index is 447. The molecule has 1 saturated heterocycles. The van der Waals surface area contributed by atoms with Crippen LogP contribution in [0.2, 0.25) is 0 Å². The Morgan fingerprint density at radius 1 is 1.05 bits per heavy atom. The van der Waals surface area contributed by atoms with Gasteiger partial charge in [-0.1, -0.05) is 36.9 Å². The van der Waals surface area contributed by atoms with Gasteiger partial charge in [-0.05, 0) is 11.0 Å². The second kappa shape index (κ2) is 7.17. The number of benzene rings is 1. The monoisotopic (exact) mass is 294 g/mol. The third-order valence-electron chi connectivity index (χ3n) is 3.46. The van der Waals surface area contributed by atoms with Gasteiger partial charge in [-0.15, -0.1) is 0 Å². The van der Waals surface area contributed by atoms with E-state index in [2.05, 4.69) is 6.58 Å². The summed E-state index contributed by atoms with van der Waals surface area (Å²) in [7, 11) is -0.777. The first-order chi connectivity index (χ1) is 10.1. The highest BCUT2D eigenvalue weighted by Gasteiger charge is 2.46. The fourth-order valence-electron chi connectivity index (χ4n) is 2.25. The molecule has 0 aliphatic carbocycles. The average molecular weight is 294 g/mol. The average Bonchev–Trinajstić information content (AvgIpc) is 2.98. The molecule has 0 radical (unpaired) electrons. The van der Waals surface area contributed by atoms with Crippen molar-refractivity contribution < 1.29 is 29.7 Å². The van der Waals surface area contributed by atoms with Gasteiger partial charge in [-0.3, -0.25) is 0 Å². The first-order valence-electron chi connectivity index (χ1n) is 6.72. The minimum Gasteiger partial charge on any atom is -0.399 e. The van der Waals surface area contributed by atoms with Crippen molar-refractivity contribution >= 4 is 18.7 Å². The molecule has 0 spiro atoms. The van der Waals surface area contributed by atoms with Crippen LogP contribution < -0.4 is 5.46 Å². The minimum atomic E-state index is -1.20. The molecule has 0 saturated carbocycles. The van der Waals surface area contributed by atoms with Crippen molar-refractivity contribution in [2.75, 3.05) is 13.2 Å². The van der Waals surface area contributed by atoms with Gasteiger partial charge in [0.25, 0.3) is 0 Å². The highest BCUT2D eigenvalue weighted by molar-refractivity contribution is 6.61. The molecular formula is C14H19BO6. The zero-order valence-corrected chi connectivity index (χ0v) is 11.5. The Hall–Kier alpha value is -1.22. The summed E-state index contributed by atoms with van der Waals surface area (Å²) < 4.78 is 11.2. The lowest BCUT2D eigenvalue weighted by molar-refractivity contribution is -0.0640. The molecule has 1 aliphatic rings. The second-order valence-corrected chi connectivity index (χ2v) is 4.90. The number of hydrogen-bond acceptors (Lipinski definition) is 6. The van der Waals surface area contributed by atoms with E-state index in [4.69, 9.17) is 19.5 Å². The molecule has 2 rings (SSSR count). The fourth-order valence-corrected chi connectivity index (χ4v) is 2.25. The molecule has 1 aliphatic heterocycles. The Kier molecular flexibility index (Phi) is 5.52. The van der Waals surface area contributed by atoms with Crippen LogP contribution in [0.4, 0.5) is 0 Å². The summed E-state index contributed by atoms with van der Waals surface area (Å²) in [5, 5.41) is 37.6. The topological polar surface area (TPSA) is 99.4 Å². The maximum atomic E-state index is 9.76. The molecule has 1 aromatic carbocycles. The Balaban J connectivity index is 2.16. The number of rotatable bonds is 6. The molecule has 6 nitrogen and oxygen atoms in total. The lowest BCUT2D eigenvalue weighted by Gasteiger charge is -2.24. The van der Waals surface area contributed by atoms with Crippen LogP contribution in [0.1, 0.15) is 5.56 Å². The standard InChI is InChI=1S/C14H19BO6/c1-2-9-3-5-10(6-4-9)15-20-13(11(18)7-16)14(21-15)12(19)8-17/h2-6,11-14,16-19H,1,7-8H2. The summed E-state index contributed by atoms with van der Waals surface area (Å²) in [6.45, 7) is 2.62. The highest BCUT2D eigenvalue weighted by Crippen LogP contribution is 2.22. The van der Waals surface area contributed by atoms with Crippen LogP contribution in [-0.2, 0) is 9.31 Å². The van der Waals surface area contributed by atoms with Crippen molar-refractivity contribution in [2.45, 2.75) is 24.4 Å². The largest absolute Gasteiger partial charge is 0.494 e. The van der Waals surface area contributed by atoms with Gasteiger partial charge in [-0.25, -0.2) is 0 Å². The summed E-state index contributed by atoms with van der Waals surface area (Å²) in [4.78, 5) is 0. The van der Waals surface area contributed by atoms with Crippen molar-refractivity contribution in [3.05, 3.63) is 36.4 Å². The predicted octanol–water partition coefficient (Wildman–Crippen LogP) is -1.48. The smallest absolute Gasteiger partial charge is 0.399 e. The molecule has 21 heavy (non-hydrogen) atoms. The van der Waals surface area contributed by atoms with Gasteiger partial charge in [0.1, 0.15) is 12.2 Å². The molecule has 4 atom stereocenters. The molecule has 1 aromatic rings. The van der Waals surface area contributed by atoms with Crippen molar-refractivity contribution in [3.63, 3.8) is 0 Å². The zero-order chi connectivity index (χ0) is 15.4. The quantitative estimate of drug-likeness (QED) is 0.477. The van der Waals surface area contributed by atoms with Gasteiger partial charge in [-0.2, -0.15) is 0 Å². The van der Waals surface area contributed by atoms with Crippen LogP contribution in [-0.4, -0.2) is 65.2 Å². The van der Waals surface area contributed by atoms with E-state index in [0.29, 0.717) is 5.46 Å². The van der Waals surface area contributed by atoms with Gasteiger partial charge < -0.3 is 29.7 Å². The van der Waals surface area contributed by atoms with Gasteiger partial charge >= 0.3 is 7.12 Å². The van der Waals surface area contributed by atoms with Crippen LogP contribution in [0.15, 0.2) is 30.8 Å². The van der Waals surface area contributed by atoms with Gasteiger partial charge in [0.05, 0.1) is 25.4 Å². The number of hydrogen-bond donors (Lipinski definition) is 4. The normalized spacial score (nSPS) is 24.9. The Morgan fingerprint density at radius 2 is 1.52 bits per heavy atom. The number of aliphatic hydroxyl groups is 4. The molecule has 0 amide bonds. The van der Waals surface area contributed by atoms with Crippen molar-refractivity contribution in [1.82, 2.24) is 0 Å². The minimum absolute atomic E-state index is 0.523. The van der Waals surface area contributed by atoms with E-state index in [9.17, 15) is 10.2 Å². The van der Waals surface area contributed by atoms with Crippen LogP contribution in [0.3, 0.4) is 0 Å². The molecule has 114 valence electrons. The van der Waals surface area contributed by atoms with E-state index in [1.807, 2.05) is 12.1 Å². The highest BCUT2D eigenvalue weighted by atomic mass is 16.7. The summed E-state index contributed by atoms with van der Waals surface area (Å²) in [5.74, 6) is 0. The van der Waals surface area contributed by atoms with Gasteiger partial charge in [0.2, 0.25) is 0 Å². The molecule has 0 aromatic heterocycles. The van der Waals surface area contributed by atoms with Crippen LogP contribution >= 0.6 is 0 Å². The number of aliphatic hydroxyl groups excluding tert-OH is 4. The fraction of sp³-hybridized carbons (Fsp3) is 0.429. The molecule has 1 fully saturated rings. The maximum Gasteiger partial charge on any atom is 0.494 e. The summed E-state index contributed by atoms with van der Waals surface area (Å²) in [6.07, 6.45) is -2.53. The van der Waals surface area contributed by atoms with Crippen molar-refractivity contribution in [1.29, 1.82) is 0 Å². The van der Waals surface area contributed by atoms with E-state index in [-0.39, 0.29) is 0 Å². The second-order valence-electron chi connectivity index (χ2n) is 4.90. The summed E-state index contributed by atoms with van der Waals surface area (Å²) in [5.41, 5.74) is 1.65. The molecule has 4 unspecified atom stereocenters. The maximum absolute atomic E-state index is 9.76. The predicted molar refractivity (Wildman–Crippen MR) is 77.9 cm³/mol. The van der Waals surface area contributed by atoms with Gasteiger partial charge in [0.15, 0.2) is 0 Å². The van der Waals surface area contributed by atoms with Gasteiger partial charge in [0, 0.05) is 0 Å². The first kappa shape index (κ1) is 16.2. The molecule has 7 heteroatoms. The molecule has 1 heterocycles. The third-order valence-corrected chi connectivity index (χ3v) is 3.46. The van der Waals surface area contributed by atoms with Crippen molar-refractivity contribution in [3.8, 4) is 0 Å². The molecular weight excluding hydrogens is 275 g/mol. The van der Waals surface area contributed by atoms with Crippen LogP contribution in [0.25, 0.3) is 6.08 Å². The van der Waals surface area contributed by atoms with Crippen LogP contribution in [0.5, 0.6) is 0 Å². The first-order valence-corrected chi connectivity index (χ1v) is 6.72. The van der Waals surface area contributed by atoms with Crippen molar-refractivity contribution in [2.24, 2.45) is 0 Å². The SMILES string of the molecule is C=Cc1ccc(B2OC(C(O)CO)C(C(O)CO)O2)cc1.